The van der Waals surface area contributed by atoms with Crippen molar-refractivity contribution in [3.63, 3.8) is 0 Å². The Bertz CT molecular complexity index is 1950. The van der Waals surface area contributed by atoms with Gasteiger partial charge in [-0.25, -0.2) is 22.3 Å². The van der Waals surface area contributed by atoms with Gasteiger partial charge in [0, 0.05) is 15.9 Å². The molecule has 0 atom stereocenters. The second kappa shape index (κ2) is 13.0. The van der Waals surface area contributed by atoms with Crippen molar-refractivity contribution in [3.05, 3.63) is 174 Å². The van der Waals surface area contributed by atoms with E-state index >= 15 is 17.6 Å². The molecule has 2 nitrogen and oxygen atoms in total. The third-order valence-electron chi connectivity index (χ3n) is 7.36. The number of nitriles is 1. The van der Waals surface area contributed by atoms with E-state index < -0.39 is 49.5 Å². The molecule has 45 heavy (non-hydrogen) atoms. The van der Waals surface area contributed by atoms with Gasteiger partial charge in [-0.15, -0.1) is 0 Å². The maximum absolute atomic E-state index is 15.8. The topological polar surface area (TPSA) is 36.1 Å². The van der Waals surface area contributed by atoms with Gasteiger partial charge in [0.25, 0.3) is 0 Å². The molecule has 0 bridgehead atoms. The van der Waals surface area contributed by atoms with Crippen LogP contribution in [0.5, 0.6) is 0 Å². The first kappa shape index (κ1) is 30.2. The molecule has 220 valence electrons. The average molecular weight is 635 g/mol. The largest absolute Gasteiger partial charge is 0.247 e. The summed E-state index contributed by atoms with van der Waals surface area (Å²) in [5.74, 6) is -6.99. The molecule has 0 heterocycles. The van der Waals surface area contributed by atoms with Crippen LogP contribution < -0.4 is 31.8 Å². The second-order valence-electron chi connectivity index (χ2n) is 9.99. The monoisotopic (exact) mass is 634 g/mol. The summed E-state index contributed by atoms with van der Waals surface area (Å²) < 4.78 is 66.5. The van der Waals surface area contributed by atoms with Crippen molar-refractivity contribution in [2.75, 3.05) is 0 Å². The minimum Gasteiger partial charge on any atom is -0.247 e. The van der Waals surface area contributed by atoms with Crippen LogP contribution in [-0.4, -0.2) is 0 Å². The van der Waals surface area contributed by atoms with Crippen LogP contribution in [0.4, 0.5) is 23.2 Å². The van der Waals surface area contributed by atoms with Gasteiger partial charge in [-0.3, -0.25) is 0 Å². The molecule has 0 fully saturated rings. The highest BCUT2D eigenvalue weighted by molar-refractivity contribution is 7.90. The molecule has 0 radical (unpaired) electrons. The van der Waals surface area contributed by atoms with E-state index in [1.165, 1.54) is 6.07 Å². The summed E-state index contributed by atoms with van der Waals surface area (Å²) in [7, 11) is -4.71. The van der Waals surface area contributed by atoms with E-state index in [1.54, 1.807) is 24.3 Å². The van der Waals surface area contributed by atoms with Crippen LogP contribution >= 0.6 is 15.0 Å². The molecule has 0 saturated heterocycles. The van der Waals surface area contributed by atoms with Gasteiger partial charge in [-0.1, -0.05) is 146 Å². The van der Waals surface area contributed by atoms with Crippen molar-refractivity contribution in [2.45, 2.75) is 0 Å². The molecule has 6 aromatic carbocycles. The number of hydrogen-bond acceptors (Lipinski definition) is 2. The predicted octanol–water partition coefficient (Wildman–Crippen LogP) is 7.68. The Morgan fingerprint density at radius 3 is 1.36 bits per heavy atom. The minimum absolute atomic E-state index is 0.628. The van der Waals surface area contributed by atoms with E-state index in [0.29, 0.717) is 15.9 Å². The van der Waals surface area contributed by atoms with Crippen LogP contribution in [-0.2, 0) is 0 Å². The lowest BCUT2D eigenvalue weighted by Crippen LogP contribution is -2.37. The zero-order chi connectivity index (χ0) is 31.4. The molecule has 0 saturated carbocycles. The summed E-state index contributed by atoms with van der Waals surface area (Å²) >= 11 is 0. The van der Waals surface area contributed by atoms with Crippen LogP contribution in [0.15, 0.2) is 150 Å². The van der Waals surface area contributed by atoms with Crippen LogP contribution in [0.1, 0.15) is 5.56 Å². The summed E-state index contributed by atoms with van der Waals surface area (Å²) in [4.78, 5) is 0. The normalized spacial score (nSPS) is 11.3. The fourth-order valence-electron chi connectivity index (χ4n) is 5.35. The average Bonchev–Trinajstić information content (AvgIpc) is 3.10. The Balaban J connectivity index is 1.82. The van der Waals surface area contributed by atoms with E-state index in [1.807, 2.05) is 121 Å². The highest BCUT2D eigenvalue weighted by atomic mass is 31.2. The molecule has 6 aromatic rings. The third-order valence-corrected chi connectivity index (χ3v) is 13.7. The minimum atomic E-state index is -3.48. The molecule has 0 aliphatic heterocycles. The Morgan fingerprint density at radius 1 is 0.511 bits per heavy atom. The zero-order valence-electron chi connectivity index (χ0n) is 23.7. The molecule has 0 aromatic heterocycles. The van der Waals surface area contributed by atoms with Crippen molar-refractivity contribution < 1.29 is 17.6 Å². The van der Waals surface area contributed by atoms with Gasteiger partial charge in [-0.2, -0.15) is 5.26 Å². The molecular weight excluding hydrogens is 610 g/mol. The second-order valence-corrected chi connectivity index (χ2v) is 15.2. The first-order valence-corrected chi connectivity index (χ1v) is 17.0. The summed E-state index contributed by atoms with van der Waals surface area (Å²) in [5.41, 5.74) is -2.42. The van der Waals surface area contributed by atoms with Gasteiger partial charge < -0.3 is 0 Å². The summed E-state index contributed by atoms with van der Waals surface area (Å²) in [5, 5.41) is 14.1. The van der Waals surface area contributed by atoms with E-state index in [0.717, 1.165) is 15.9 Å². The lowest BCUT2D eigenvalue weighted by atomic mass is 10.1. The van der Waals surface area contributed by atoms with E-state index in [2.05, 4.69) is 0 Å². The van der Waals surface area contributed by atoms with Gasteiger partial charge in [0.15, 0.2) is 23.3 Å². The summed E-state index contributed by atoms with van der Waals surface area (Å²) in [6.07, 6.45) is 0. The molecule has 6 rings (SSSR count). The molecule has 0 unspecified atom stereocenters. The lowest BCUT2D eigenvalue weighted by molar-refractivity contribution is 0.454. The molecule has 0 aliphatic rings. The first-order chi connectivity index (χ1) is 22.0. The van der Waals surface area contributed by atoms with Crippen LogP contribution in [0.2, 0.25) is 0 Å². The quantitative estimate of drug-likeness (QED) is 0.101. The van der Waals surface area contributed by atoms with Gasteiger partial charge >= 0.3 is 0 Å². The van der Waals surface area contributed by atoms with Crippen molar-refractivity contribution in [2.24, 2.45) is 4.74 Å². The van der Waals surface area contributed by atoms with E-state index in [9.17, 15) is 5.26 Å². The van der Waals surface area contributed by atoms with Crippen molar-refractivity contribution in [3.8, 4) is 6.07 Å². The van der Waals surface area contributed by atoms with Crippen molar-refractivity contribution in [1.29, 1.82) is 5.26 Å². The molecular formula is C37H24F4N2P2. The summed E-state index contributed by atoms with van der Waals surface area (Å²) in [6, 6.07) is 46.9. The summed E-state index contributed by atoms with van der Waals surface area (Å²) in [6.45, 7) is 0. The Labute approximate surface area is 260 Å². The van der Waals surface area contributed by atoms with E-state index in [-0.39, 0.29) is 0 Å². The smallest absolute Gasteiger partial charge is 0.188 e. The van der Waals surface area contributed by atoms with Crippen LogP contribution in [0, 0.1) is 34.6 Å². The molecule has 8 heteroatoms. The number of halogens is 4. The molecule has 0 spiro atoms. The third kappa shape index (κ3) is 5.51. The maximum Gasteiger partial charge on any atom is 0.188 e. The van der Waals surface area contributed by atoms with Gasteiger partial charge in [0.05, 0.1) is 7.05 Å². The zero-order valence-corrected chi connectivity index (χ0v) is 25.4. The first-order valence-electron chi connectivity index (χ1n) is 14.0. The number of hydrogen-bond donors (Lipinski definition) is 0. The Morgan fingerprint density at radius 2 is 0.911 bits per heavy atom. The highest BCUT2D eigenvalue weighted by Crippen LogP contribution is 2.52. The molecule has 0 aliphatic carbocycles. The molecule has 0 amide bonds. The fourth-order valence-corrected chi connectivity index (χ4v) is 12.0. The standard InChI is InChI=1S/C37H24F4N2P2/c38-33-30(25-42)34(39)36(41)37(35(33)40)43-45(28-19-9-3-10-20-28,29-21-11-4-12-22-29)32-24-14-13-23-31(32)44(26-15-5-1-6-16-26)27-17-7-2-8-18-27/h1-24H. The fraction of sp³-hybridized carbons (Fsp3) is 0. The SMILES string of the molecule is N#Cc1c(F)c(F)c(N=P(c2ccccc2)(c2ccccc2)c2ccccc2P(c2ccccc2)c2ccccc2)c(F)c1F. The number of nitrogens with zero attached hydrogens (tertiary/aromatic N) is 2. The van der Waals surface area contributed by atoms with Crippen LogP contribution in [0.25, 0.3) is 0 Å². The van der Waals surface area contributed by atoms with Gasteiger partial charge in [0.1, 0.15) is 17.3 Å². The lowest BCUT2D eigenvalue weighted by Gasteiger charge is -2.32. The van der Waals surface area contributed by atoms with Crippen LogP contribution in [0.3, 0.4) is 0 Å². The van der Waals surface area contributed by atoms with Crippen molar-refractivity contribution >= 4 is 52.5 Å². The predicted molar refractivity (Wildman–Crippen MR) is 177 cm³/mol. The maximum atomic E-state index is 15.8. The number of benzene rings is 6. The van der Waals surface area contributed by atoms with Gasteiger partial charge in [-0.05, 0) is 23.8 Å². The van der Waals surface area contributed by atoms with Gasteiger partial charge in [0.2, 0.25) is 0 Å². The van der Waals surface area contributed by atoms with Crippen molar-refractivity contribution in [1.82, 2.24) is 0 Å². The molecule has 0 N–H and O–H groups in total. The Kier molecular flexibility index (Phi) is 8.76. The number of rotatable bonds is 7. The van der Waals surface area contributed by atoms with E-state index in [4.69, 9.17) is 4.74 Å². The highest BCUT2D eigenvalue weighted by Gasteiger charge is 2.35. The Hall–Kier alpha value is -4.81.